The number of benzene rings is 2. The van der Waals surface area contributed by atoms with E-state index >= 15 is 0 Å². The summed E-state index contributed by atoms with van der Waals surface area (Å²) in [5, 5.41) is 18.2. The van der Waals surface area contributed by atoms with E-state index in [0.29, 0.717) is 17.7 Å². The van der Waals surface area contributed by atoms with Crippen LogP contribution in [0.25, 0.3) is 6.08 Å². The lowest BCUT2D eigenvalue weighted by Crippen LogP contribution is -2.46. The lowest BCUT2D eigenvalue weighted by molar-refractivity contribution is -0.143. The number of nitrogens with two attached hydrogens (primary N) is 1. The molecule has 164 valence electrons. The van der Waals surface area contributed by atoms with Crippen molar-refractivity contribution in [2.75, 3.05) is 13.2 Å². The van der Waals surface area contributed by atoms with E-state index in [0.717, 1.165) is 0 Å². The average molecular weight is 435 g/mol. The first-order chi connectivity index (χ1) is 13.9. The van der Waals surface area contributed by atoms with Gasteiger partial charge in [-0.2, -0.15) is 26.3 Å². The van der Waals surface area contributed by atoms with Gasteiger partial charge in [0.15, 0.2) is 0 Å². The molecule has 0 heterocycles. The minimum atomic E-state index is -4.96. The van der Waals surface area contributed by atoms with E-state index in [-0.39, 0.29) is 18.2 Å². The van der Waals surface area contributed by atoms with Gasteiger partial charge in [0.05, 0.1) is 29.9 Å². The van der Waals surface area contributed by atoms with Crippen molar-refractivity contribution in [1.82, 2.24) is 0 Å². The fourth-order valence-electron chi connectivity index (χ4n) is 2.38. The molecular weight excluding hydrogens is 416 g/mol. The van der Waals surface area contributed by atoms with Crippen LogP contribution in [-0.4, -0.2) is 29.0 Å². The summed E-state index contributed by atoms with van der Waals surface area (Å²) in [5.74, 6) is -0.558. The predicted molar refractivity (Wildman–Crippen MR) is 97.7 cm³/mol. The predicted octanol–water partition coefficient (Wildman–Crippen LogP) is 4.60. The number of alkyl halides is 6. The zero-order valence-corrected chi connectivity index (χ0v) is 15.5. The van der Waals surface area contributed by atoms with Gasteiger partial charge >= 0.3 is 12.4 Å². The minimum absolute atomic E-state index is 0.0248. The van der Waals surface area contributed by atoms with Gasteiger partial charge in [-0.1, -0.05) is 24.3 Å². The van der Waals surface area contributed by atoms with Gasteiger partial charge in [-0.05, 0) is 42.3 Å². The SMILES string of the molecule is NC(CO)(CO)C/C=C/c1ccc(Oc2cc(C(F)(F)F)cc(C(F)(F)F)c2)cc1. The molecule has 0 bridgehead atoms. The van der Waals surface area contributed by atoms with Crippen molar-refractivity contribution in [3.63, 3.8) is 0 Å². The molecule has 30 heavy (non-hydrogen) atoms. The summed E-state index contributed by atoms with van der Waals surface area (Å²) in [7, 11) is 0. The second-order valence-electron chi connectivity index (χ2n) is 6.70. The topological polar surface area (TPSA) is 75.7 Å². The Hall–Kier alpha value is -2.56. The first kappa shape index (κ1) is 23.7. The lowest BCUT2D eigenvalue weighted by atomic mass is 9.98. The number of aliphatic hydroxyl groups excluding tert-OH is 2. The molecule has 10 heteroatoms. The number of ether oxygens (including phenoxy) is 1. The highest BCUT2D eigenvalue weighted by Crippen LogP contribution is 2.39. The maximum absolute atomic E-state index is 12.9. The summed E-state index contributed by atoms with van der Waals surface area (Å²) in [6, 6.07) is 6.82. The molecule has 0 saturated carbocycles. The fourth-order valence-corrected chi connectivity index (χ4v) is 2.38. The number of rotatable bonds is 7. The maximum atomic E-state index is 12.9. The molecule has 0 fully saturated rings. The lowest BCUT2D eigenvalue weighted by Gasteiger charge is -2.22. The van der Waals surface area contributed by atoms with Gasteiger partial charge in [-0.3, -0.25) is 0 Å². The molecule has 0 radical (unpaired) electrons. The Morgan fingerprint density at radius 1 is 0.800 bits per heavy atom. The van der Waals surface area contributed by atoms with Gasteiger partial charge < -0.3 is 20.7 Å². The molecular formula is C20H19F6NO3. The van der Waals surface area contributed by atoms with E-state index < -0.39 is 48.0 Å². The van der Waals surface area contributed by atoms with Crippen molar-refractivity contribution in [2.45, 2.75) is 24.3 Å². The summed E-state index contributed by atoms with van der Waals surface area (Å²) in [5.41, 5.74) is 2.26. The average Bonchev–Trinajstić information content (AvgIpc) is 2.67. The van der Waals surface area contributed by atoms with E-state index in [1.807, 2.05) is 0 Å². The summed E-state index contributed by atoms with van der Waals surface area (Å²) in [6.45, 7) is -0.838. The third-order valence-electron chi connectivity index (χ3n) is 4.14. The van der Waals surface area contributed by atoms with E-state index in [9.17, 15) is 26.3 Å². The standard InChI is InChI=1S/C20H19F6NO3/c21-19(22,23)14-8-15(20(24,25)26)10-17(9-14)30-16-5-3-13(4-6-16)2-1-7-18(27,11-28)12-29/h1-6,8-10,28-29H,7,11-12,27H2/b2-1+. The van der Waals surface area contributed by atoms with E-state index in [4.69, 9.17) is 20.7 Å². The zero-order chi connectivity index (χ0) is 22.6. The van der Waals surface area contributed by atoms with Crippen LogP contribution in [0.1, 0.15) is 23.1 Å². The molecule has 0 spiro atoms. The molecule has 0 amide bonds. The van der Waals surface area contributed by atoms with Crippen LogP contribution < -0.4 is 10.5 Å². The molecule has 0 saturated heterocycles. The monoisotopic (exact) mass is 435 g/mol. The van der Waals surface area contributed by atoms with Crippen LogP contribution in [0.2, 0.25) is 0 Å². The Labute approximate surface area is 168 Å². The van der Waals surface area contributed by atoms with Gasteiger partial charge in [-0.15, -0.1) is 0 Å². The number of hydrogen-bond donors (Lipinski definition) is 3. The second kappa shape index (κ2) is 9.07. The maximum Gasteiger partial charge on any atom is 0.416 e. The van der Waals surface area contributed by atoms with Gasteiger partial charge in [0.2, 0.25) is 0 Å². The zero-order valence-electron chi connectivity index (χ0n) is 15.5. The largest absolute Gasteiger partial charge is 0.457 e. The Morgan fingerprint density at radius 2 is 1.30 bits per heavy atom. The minimum Gasteiger partial charge on any atom is -0.457 e. The van der Waals surface area contributed by atoms with Crippen molar-refractivity contribution in [1.29, 1.82) is 0 Å². The van der Waals surface area contributed by atoms with Crippen LogP contribution in [0, 0.1) is 0 Å². The van der Waals surface area contributed by atoms with Gasteiger partial charge in [0, 0.05) is 0 Å². The van der Waals surface area contributed by atoms with Crippen LogP contribution in [0.15, 0.2) is 48.5 Å². The van der Waals surface area contributed by atoms with Crippen LogP contribution in [0.5, 0.6) is 11.5 Å². The number of halogens is 6. The molecule has 0 aliphatic heterocycles. The van der Waals surface area contributed by atoms with Crippen molar-refractivity contribution >= 4 is 6.08 Å². The van der Waals surface area contributed by atoms with Crippen molar-refractivity contribution in [2.24, 2.45) is 5.73 Å². The Kier molecular flexibility index (Phi) is 7.17. The summed E-state index contributed by atoms with van der Waals surface area (Å²) < 4.78 is 82.7. The van der Waals surface area contributed by atoms with Gasteiger partial charge in [-0.25, -0.2) is 0 Å². The molecule has 0 aliphatic carbocycles. The number of aliphatic hydroxyl groups is 2. The molecule has 4 N–H and O–H groups in total. The molecule has 0 aromatic heterocycles. The Bertz CT molecular complexity index is 839. The first-order valence-electron chi connectivity index (χ1n) is 8.61. The Balaban J connectivity index is 2.19. The molecule has 0 unspecified atom stereocenters. The highest BCUT2D eigenvalue weighted by molar-refractivity contribution is 5.51. The highest BCUT2D eigenvalue weighted by Gasteiger charge is 2.37. The van der Waals surface area contributed by atoms with Crippen LogP contribution in [0.3, 0.4) is 0 Å². The molecule has 0 aliphatic rings. The molecule has 0 atom stereocenters. The quantitative estimate of drug-likeness (QED) is 0.556. The summed E-state index contributed by atoms with van der Waals surface area (Å²) in [6.07, 6.45) is -6.50. The van der Waals surface area contributed by atoms with Crippen LogP contribution in [-0.2, 0) is 12.4 Å². The van der Waals surface area contributed by atoms with Crippen molar-refractivity contribution in [3.05, 3.63) is 65.2 Å². The second-order valence-corrected chi connectivity index (χ2v) is 6.70. The summed E-state index contributed by atoms with van der Waals surface area (Å²) >= 11 is 0. The summed E-state index contributed by atoms with van der Waals surface area (Å²) in [4.78, 5) is 0. The molecule has 4 nitrogen and oxygen atoms in total. The molecule has 2 aromatic rings. The van der Waals surface area contributed by atoms with Crippen LogP contribution >= 0.6 is 0 Å². The normalized spacial score (nSPS) is 13.1. The first-order valence-corrected chi connectivity index (χ1v) is 8.61. The highest BCUT2D eigenvalue weighted by atomic mass is 19.4. The van der Waals surface area contributed by atoms with Crippen molar-refractivity contribution < 1.29 is 41.3 Å². The van der Waals surface area contributed by atoms with Gasteiger partial charge in [0.25, 0.3) is 0 Å². The third kappa shape index (κ3) is 6.48. The van der Waals surface area contributed by atoms with Crippen molar-refractivity contribution in [3.8, 4) is 11.5 Å². The van der Waals surface area contributed by atoms with E-state index in [2.05, 4.69) is 0 Å². The smallest absolute Gasteiger partial charge is 0.416 e. The third-order valence-corrected chi connectivity index (χ3v) is 4.14. The molecule has 2 rings (SSSR count). The number of hydrogen-bond acceptors (Lipinski definition) is 4. The Morgan fingerprint density at radius 3 is 1.73 bits per heavy atom. The fraction of sp³-hybridized carbons (Fsp3) is 0.300. The van der Waals surface area contributed by atoms with E-state index in [1.165, 1.54) is 24.3 Å². The van der Waals surface area contributed by atoms with Crippen LogP contribution in [0.4, 0.5) is 26.3 Å². The van der Waals surface area contributed by atoms with E-state index in [1.54, 1.807) is 12.2 Å². The molecule has 2 aromatic carbocycles. The van der Waals surface area contributed by atoms with Gasteiger partial charge in [0.1, 0.15) is 11.5 Å².